The Bertz CT molecular complexity index is 747. The lowest BCUT2D eigenvalue weighted by Gasteiger charge is -2.28. The Morgan fingerprint density at radius 2 is 1.96 bits per heavy atom. The second-order valence-electron chi connectivity index (χ2n) is 5.56. The molecular weight excluding hydrogens is 290 g/mol. The highest BCUT2D eigenvalue weighted by Gasteiger charge is 2.19. The van der Waals surface area contributed by atoms with Crippen molar-refractivity contribution in [1.29, 1.82) is 5.26 Å². The number of rotatable bonds is 3. The summed E-state index contributed by atoms with van der Waals surface area (Å²) in [6, 6.07) is 8.32. The predicted octanol–water partition coefficient (Wildman–Crippen LogP) is 2.55. The van der Waals surface area contributed by atoms with Crippen molar-refractivity contribution in [2.75, 3.05) is 36.5 Å². The third-order valence-electron chi connectivity index (χ3n) is 4.02. The van der Waals surface area contributed by atoms with Gasteiger partial charge in [-0.25, -0.2) is 9.97 Å². The first-order chi connectivity index (χ1) is 11.2. The fourth-order valence-corrected chi connectivity index (χ4v) is 2.54. The zero-order valence-corrected chi connectivity index (χ0v) is 13.3. The Morgan fingerprint density at radius 1 is 1.17 bits per heavy atom. The van der Waals surface area contributed by atoms with Crippen molar-refractivity contribution < 1.29 is 4.74 Å². The molecule has 0 aliphatic carbocycles. The average molecular weight is 309 g/mol. The van der Waals surface area contributed by atoms with E-state index in [1.807, 2.05) is 18.2 Å². The largest absolute Gasteiger partial charge is 0.378 e. The van der Waals surface area contributed by atoms with Gasteiger partial charge in [-0.15, -0.1) is 0 Å². The van der Waals surface area contributed by atoms with E-state index in [1.165, 1.54) is 17.5 Å². The molecule has 1 saturated heterocycles. The van der Waals surface area contributed by atoms with Crippen LogP contribution in [0, 0.1) is 25.2 Å². The molecule has 2 aromatic rings. The van der Waals surface area contributed by atoms with Crippen molar-refractivity contribution in [2.45, 2.75) is 13.8 Å². The summed E-state index contributed by atoms with van der Waals surface area (Å²) >= 11 is 0. The molecule has 1 aromatic heterocycles. The van der Waals surface area contributed by atoms with Crippen molar-refractivity contribution in [1.82, 2.24) is 9.97 Å². The van der Waals surface area contributed by atoms with E-state index < -0.39 is 0 Å². The standard InChI is InChI=1S/C17H19N5O/c1-12-3-4-14(9-13(12)2)21-16-15(10-18)17(20-11-19-16)22-5-7-23-8-6-22/h3-4,9,11H,5-8H2,1-2H3,(H,19,20,21). The quantitative estimate of drug-likeness (QED) is 0.939. The lowest BCUT2D eigenvalue weighted by molar-refractivity contribution is 0.122. The van der Waals surface area contributed by atoms with Crippen molar-refractivity contribution >= 4 is 17.3 Å². The maximum atomic E-state index is 9.58. The van der Waals surface area contributed by atoms with Crippen LogP contribution in [0.4, 0.5) is 17.3 Å². The predicted molar refractivity (Wildman–Crippen MR) is 89.0 cm³/mol. The van der Waals surface area contributed by atoms with Crippen LogP contribution in [0.25, 0.3) is 0 Å². The van der Waals surface area contributed by atoms with Gasteiger partial charge < -0.3 is 15.0 Å². The number of nitrogens with one attached hydrogen (secondary N) is 1. The lowest BCUT2D eigenvalue weighted by atomic mass is 10.1. The maximum absolute atomic E-state index is 9.58. The van der Waals surface area contributed by atoms with Crippen molar-refractivity contribution in [3.63, 3.8) is 0 Å². The smallest absolute Gasteiger partial charge is 0.154 e. The number of anilines is 3. The molecule has 6 heteroatoms. The zero-order chi connectivity index (χ0) is 16.2. The molecule has 1 fully saturated rings. The highest BCUT2D eigenvalue weighted by Crippen LogP contribution is 2.26. The van der Waals surface area contributed by atoms with E-state index in [4.69, 9.17) is 4.74 Å². The van der Waals surface area contributed by atoms with Crippen molar-refractivity contribution in [3.05, 3.63) is 41.2 Å². The van der Waals surface area contributed by atoms with Gasteiger partial charge in [-0.2, -0.15) is 5.26 Å². The molecule has 1 aliphatic rings. The number of nitrogens with zero attached hydrogens (tertiary/aromatic N) is 4. The Morgan fingerprint density at radius 3 is 2.65 bits per heavy atom. The fourth-order valence-electron chi connectivity index (χ4n) is 2.54. The van der Waals surface area contributed by atoms with Gasteiger partial charge in [0.1, 0.15) is 18.0 Å². The normalized spacial score (nSPS) is 14.4. The molecule has 0 atom stereocenters. The van der Waals surface area contributed by atoms with E-state index in [2.05, 4.69) is 40.1 Å². The average Bonchev–Trinajstić information content (AvgIpc) is 2.59. The van der Waals surface area contributed by atoms with E-state index in [1.54, 1.807) is 0 Å². The van der Waals surface area contributed by atoms with E-state index in [9.17, 15) is 5.26 Å². The van der Waals surface area contributed by atoms with Gasteiger partial charge in [0.25, 0.3) is 0 Å². The van der Waals surface area contributed by atoms with E-state index in [0.29, 0.717) is 30.4 Å². The minimum absolute atomic E-state index is 0.465. The molecule has 1 aromatic carbocycles. The molecule has 0 spiro atoms. The second kappa shape index (κ2) is 6.63. The topological polar surface area (TPSA) is 74.1 Å². The third kappa shape index (κ3) is 3.25. The van der Waals surface area contributed by atoms with Crippen LogP contribution in [0.15, 0.2) is 24.5 Å². The van der Waals surface area contributed by atoms with Gasteiger partial charge in [0.2, 0.25) is 0 Å². The first kappa shape index (κ1) is 15.3. The van der Waals surface area contributed by atoms with Crippen molar-refractivity contribution in [2.24, 2.45) is 0 Å². The molecular formula is C17H19N5O. The number of benzene rings is 1. The van der Waals surface area contributed by atoms with Crippen LogP contribution >= 0.6 is 0 Å². The number of ether oxygens (including phenoxy) is 1. The summed E-state index contributed by atoms with van der Waals surface area (Å²) in [6.45, 7) is 6.89. The van der Waals surface area contributed by atoms with Gasteiger partial charge in [0, 0.05) is 18.8 Å². The second-order valence-corrected chi connectivity index (χ2v) is 5.56. The molecule has 118 valence electrons. The number of aryl methyl sites for hydroxylation is 2. The SMILES string of the molecule is Cc1ccc(Nc2ncnc(N3CCOCC3)c2C#N)cc1C. The minimum Gasteiger partial charge on any atom is -0.378 e. The zero-order valence-electron chi connectivity index (χ0n) is 13.3. The molecule has 1 aliphatic heterocycles. The number of hydrogen-bond acceptors (Lipinski definition) is 6. The highest BCUT2D eigenvalue weighted by atomic mass is 16.5. The summed E-state index contributed by atoms with van der Waals surface area (Å²) < 4.78 is 5.36. The summed E-state index contributed by atoms with van der Waals surface area (Å²) in [5.41, 5.74) is 3.80. The van der Waals surface area contributed by atoms with Gasteiger partial charge in [0.05, 0.1) is 13.2 Å². The van der Waals surface area contributed by atoms with Crippen LogP contribution in [0.1, 0.15) is 16.7 Å². The number of hydrogen-bond donors (Lipinski definition) is 1. The molecule has 23 heavy (non-hydrogen) atoms. The van der Waals surface area contributed by atoms with Crippen LogP contribution in [-0.4, -0.2) is 36.3 Å². The molecule has 0 amide bonds. The first-order valence-corrected chi connectivity index (χ1v) is 7.61. The lowest BCUT2D eigenvalue weighted by Crippen LogP contribution is -2.37. The van der Waals surface area contributed by atoms with Crippen LogP contribution in [0.5, 0.6) is 0 Å². The minimum atomic E-state index is 0.465. The molecule has 6 nitrogen and oxygen atoms in total. The maximum Gasteiger partial charge on any atom is 0.154 e. The monoisotopic (exact) mass is 309 g/mol. The van der Waals surface area contributed by atoms with Crippen LogP contribution < -0.4 is 10.2 Å². The molecule has 0 bridgehead atoms. The summed E-state index contributed by atoms with van der Waals surface area (Å²) in [4.78, 5) is 10.6. The number of morpholine rings is 1. The van der Waals surface area contributed by atoms with Gasteiger partial charge in [-0.1, -0.05) is 6.07 Å². The molecule has 0 unspecified atom stereocenters. The number of aromatic nitrogens is 2. The molecule has 0 radical (unpaired) electrons. The van der Waals surface area contributed by atoms with Crippen LogP contribution in [-0.2, 0) is 4.74 Å². The third-order valence-corrected chi connectivity index (χ3v) is 4.02. The van der Waals surface area contributed by atoms with E-state index in [-0.39, 0.29) is 0 Å². The Kier molecular flexibility index (Phi) is 4.40. The summed E-state index contributed by atoms with van der Waals surface area (Å²) in [5.74, 6) is 1.20. The Hall–Kier alpha value is -2.65. The van der Waals surface area contributed by atoms with Crippen LogP contribution in [0.3, 0.4) is 0 Å². The molecule has 3 rings (SSSR count). The van der Waals surface area contributed by atoms with Gasteiger partial charge in [-0.05, 0) is 37.1 Å². The van der Waals surface area contributed by atoms with Gasteiger partial charge in [0.15, 0.2) is 11.6 Å². The molecule has 2 heterocycles. The van der Waals surface area contributed by atoms with E-state index in [0.717, 1.165) is 18.8 Å². The van der Waals surface area contributed by atoms with Crippen LogP contribution in [0.2, 0.25) is 0 Å². The summed E-state index contributed by atoms with van der Waals surface area (Å²) in [5, 5.41) is 12.8. The Labute approximate surface area is 135 Å². The van der Waals surface area contributed by atoms with Crippen molar-refractivity contribution in [3.8, 4) is 6.07 Å². The number of nitriles is 1. The fraction of sp³-hybridized carbons (Fsp3) is 0.353. The van der Waals surface area contributed by atoms with Gasteiger partial charge in [-0.3, -0.25) is 0 Å². The van der Waals surface area contributed by atoms with E-state index >= 15 is 0 Å². The summed E-state index contributed by atoms with van der Waals surface area (Å²) in [7, 11) is 0. The highest BCUT2D eigenvalue weighted by molar-refractivity contribution is 5.70. The van der Waals surface area contributed by atoms with Gasteiger partial charge >= 0.3 is 0 Å². The Balaban J connectivity index is 1.92. The molecule has 0 saturated carbocycles. The molecule has 1 N–H and O–H groups in total. The summed E-state index contributed by atoms with van der Waals surface area (Å²) in [6.07, 6.45) is 1.50. The first-order valence-electron chi connectivity index (χ1n) is 7.61.